The van der Waals surface area contributed by atoms with Gasteiger partial charge in [-0.25, -0.2) is 0 Å². The predicted molar refractivity (Wildman–Crippen MR) is 223 cm³/mol. The Hall–Kier alpha value is -4.87. The molecule has 1 aliphatic heterocycles. The first-order valence-corrected chi connectivity index (χ1v) is 22.9. The molecule has 0 atom stereocenters. The van der Waals surface area contributed by atoms with Gasteiger partial charge in [-0.15, -0.1) is 0 Å². The van der Waals surface area contributed by atoms with Crippen LogP contribution in [-0.4, -0.2) is 0 Å². The zero-order valence-electron chi connectivity index (χ0n) is 31.2. The van der Waals surface area contributed by atoms with Gasteiger partial charge in [-0.05, 0) is 0 Å². The van der Waals surface area contributed by atoms with E-state index in [1.165, 1.54) is 0 Å². The fourth-order valence-electron chi connectivity index (χ4n) is 5.86. The molecule has 6 aromatic carbocycles. The van der Waals surface area contributed by atoms with Crippen LogP contribution in [-0.2, 0) is 0 Å². The maximum absolute atomic E-state index is 7.19. The number of hydrogen-bond acceptors (Lipinski definition) is 9. The zero-order chi connectivity index (χ0) is 37.8. The van der Waals surface area contributed by atoms with Crippen molar-refractivity contribution in [3.8, 4) is 34.5 Å². The second-order valence-electron chi connectivity index (χ2n) is 13.2. The molecular weight excluding hydrogens is 735 g/mol. The first-order valence-electron chi connectivity index (χ1n) is 17.8. The van der Waals surface area contributed by atoms with E-state index in [-0.39, 0.29) is 0 Å². The van der Waals surface area contributed by atoms with Crippen LogP contribution in [0.1, 0.15) is 33.4 Å². The van der Waals surface area contributed by atoms with E-state index in [1.54, 1.807) is 0 Å². The van der Waals surface area contributed by atoms with Gasteiger partial charge in [0, 0.05) is 0 Å². The van der Waals surface area contributed by atoms with Crippen LogP contribution in [0.3, 0.4) is 0 Å². The Labute approximate surface area is 319 Å². The molecule has 0 radical (unpaired) electrons. The van der Waals surface area contributed by atoms with Crippen molar-refractivity contribution in [2.75, 3.05) is 0 Å². The number of nitrogens with zero attached hydrogens (tertiary/aromatic N) is 1. The maximum atomic E-state index is 7.19. The molecule has 0 spiro atoms. The Morgan fingerprint density at radius 3 is 0.981 bits per heavy atom. The summed E-state index contributed by atoms with van der Waals surface area (Å²) in [5, 5.41) is 0. The van der Waals surface area contributed by atoms with Crippen LogP contribution in [0.25, 0.3) is 0 Å². The van der Waals surface area contributed by atoms with Crippen LogP contribution in [0, 0.1) is 41.5 Å². The van der Waals surface area contributed by atoms with Crippen molar-refractivity contribution in [1.29, 1.82) is 0 Å². The second-order valence-corrected chi connectivity index (χ2v) is 20.6. The predicted octanol–water partition coefficient (Wildman–Crippen LogP) is 12.3. The number of rotatable bonds is 12. The Balaban J connectivity index is 1.56. The molecule has 0 fully saturated rings. The van der Waals surface area contributed by atoms with E-state index >= 15 is 0 Å². The molecule has 0 aromatic heterocycles. The van der Waals surface area contributed by atoms with Crippen LogP contribution in [0.4, 0.5) is 0 Å². The van der Waals surface area contributed by atoms with Crippen LogP contribution in [0.15, 0.2) is 150 Å². The number of nitrogens with one attached hydrogen (secondary N) is 2. The summed E-state index contributed by atoms with van der Waals surface area (Å²) in [6.07, 6.45) is 0. The molecule has 6 aromatic rings. The standard InChI is InChI=1S/C42H46N3O6P3/c1-31-19-7-13-25-37(31)46-52(47-38-26-14-8-20-32(38)2)43-53(48-39-27-15-9-21-33(39)3,49-40-28-16-10-22-34(40)4)45-54(44-52,50-41-29-17-11-23-35(41)5)51-42-30-18-12-24-36(42)6/h7-30,43-44,52-53H,1-6H3. The van der Waals surface area contributed by atoms with Crippen molar-refractivity contribution in [3.63, 3.8) is 0 Å². The fraction of sp³-hybridized carbons (Fsp3) is 0.143. The van der Waals surface area contributed by atoms with Gasteiger partial charge >= 0.3 is 320 Å². The summed E-state index contributed by atoms with van der Waals surface area (Å²) in [7, 11) is -12.2. The van der Waals surface area contributed by atoms with Crippen LogP contribution >= 0.6 is 23.7 Å². The Morgan fingerprint density at radius 2 is 0.667 bits per heavy atom. The molecule has 0 aliphatic carbocycles. The molecule has 0 amide bonds. The number of aryl methyl sites for hydroxylation is 6. The minimum atomic E-state index is -4.26. The molecule has 1 heterocycles. The van der Waals surface area contributed by atoms with Gasteiger partial charge in [0.1, 0.15) is 0 Å². The first-order chi connectivity index (χ1) is 26.1. The van der Waals surface area contributed by atoms with E-state index < -0.39 is 23.7 Å². The summed E-state index contributed by atoms with van der Waals surface area (Å²) in [6, 6.07) is 46.7. The molecular formula is C42H46N3O6P3. The third-order valence-electron chi connectivity index (χ3n) is 8.88. The Bertz CT molecular complexity index is 2190. The third-order valence-corrected chi connectivity index (χ3v) is 18.8. The van der Waals surface area contributed by atoms with E-state index in [0.29, 0.717) is 34.5 Å². The van der Waals surface area contributed by atoms with Gasteiger partial charge in [0.2, 0.25) is 0 Å². The van der Waals surface area contributed by atoms with E-state index in [9.17, 15) is 0 Å². The molecule has 0 saturated carbocycles. The van der Waals surface area contributed by atoms with Crippen LogP contribution in [0.5, 0.6) is 34.5 Å². The molecule has 0 saturated heterocycles. The average molecular weight is 782 g/mol. The van der Waals surface area contributed by atoms with Crippen molar-refractivity contribution in [2.24, 2.45) is 4.52 Å². The summed E-state index contributed by atoms with van der Waals surface area (Å²) in [6.45, 7) is 11.9. The molecule has 0 unspecified atom stereocenters. The molecule has 1 aliphatic rings. The average Bonchev–Trinajstić information content (AvgIpc) is 3.14. The fourth-order valence-corrected chi connectivity index (χ4v) is 17.8. The normalized spacial score (nSPS) is 16.5. The minimum absolute atomic E-state index is 0.571. The van der Waals surface area contributed by atoms with E-state index in [2.05, 4.69) is 9.72 Å². The van der Waals surface area contributed by atoms with E-state index in [4.69, 9.17) is 31.7 Å². The number of benzene rings is 6. The molecule has 280 valence electrons. The topological polar surface area (TPSA) is 91.8 Å². The van der Waals surface area contributed by atoms with Gasteiger partial charge in [0.05, 0.1) is 0 Å². The van der Waals surface area contributed by atoms with Crippen LogP contribution < -0.4 is 36.9 Å². The van der Waals surface area contributed by atoms with Crippen LogP contribution in [0.2, 0.25) is 0 Å². The SMILES string of the molecule is Cc1ccccc1OP1(Oc2ccccc2C)=N[PH](Oc2ccccc2C)(Oc2ccccc2C)N[PH](Oc2ccccc2C)(Oc2ccccc2C)N1. The molecule has 12 heteroatoms. The van der Waals surface area contributed by atoms with Crippen molar-refractivity contribution in [1.82, 2.24) is 9.72 Å². The van der Waals surface area contributed by atoms with Gasteiger partial charge in [-0.1, -0.05) is 0 Å². The third kappa shape index (κ3) is 8.42. The van der Waals surface area contributed by atoms with Gasteiger partial charge in [0.25, 0.3) is 0 Å². The van der Waals surface area contributed by atoms with Crippen molar-refractivity contribution in [2.45, 2.75) is 41.5 Å². The molecule has 0 bridgehead atoms. The quantitative estimate of drug-likeness (QED) is 0.119. The summed E-state index contributed by atoms with van der Waals surface area (Å²) >= 11 is 0. The molecule has 54 heavy (non-hydrogen) atoms. The second kappa shape index (κ2) is 15.8. The first kappa shape index (κ1) is 37.4. The summed E-state index contributed by atoms with van der Waals surface area (Å²) < 4.78 is 48.5. The van der Waals surface area contributed by atoms with Gasteiger partial charge in [-0.3, -0.25) is 0 Å². The van der Waals surface area contributed by atoms with Crippen molar-refractivity contribution >= 4 is 23.7 Å². The molecule has 9 nitrogen and oxygen atoms in total. The van der Waals surface area contributed by atoms with Crippen molar-refractivity contribution < 1.29 is 27.1 Å². The zero-order valence-corrected chi connectivity index (χ0v) is 34.1. The van der Waals surface area contributed by atoms with Gasteiger partial charge in [-0.2, -0.15) is 0 Å². The van der Waals surface area contributed by atoms with Crippen molar-refractivity contribution in [3.05, 3.63) is 179 Å². The summed E-state index contributed by atoms with van der Waals surface area (Å²) in [4.78, 5) is 7.41. The Kier molecular flexibility index (Phi) is 11.0. The van der Waals surface area contributed by atoms with Gasteiger partial charge in [0.15, 0.2) is 0 Å². The summed E-state index contributed by atoms with van der Waals surface area (Å²) in [5.74, 6) is 3.49. The van der Waals surface area contributed by atoms with E-state index in [0.717, 1.165) is 33.4 Å². The monoisotopic (exact) mass is 781 g/mol. The molecule has 7 rings (SSSR count). The summed E-state index contributed by atoms with van der Waals surface area (Å²) in [5.41, 5.74) is 5.37. The van der Waals surface area contributed by atoms with Gasteiger partial charge < -0.3 is 0 Å². The number of para-hydroxylation sites is 6. The molecule has 2 N–H and O–H groups in total. The number of hydrogen-bond donors (Lipinski definition) is 2. The Morgan fingerprint density at radius 1 is 0.389 bits per heavy atom. The van der Waals surface area contributed by atoms with E-state index in [1.807, 2.05) is 187 Å².